The zero-order valence-corrected chi connectivity index (χ0v) is 13.6. The van der Waals surface area contributed by atoms with E-state index in [1.165, 1.54) is 5.56 Å². The molecule has 1 rings (SSSR count). The van der Waals surface area contributed by atoms with E-state index in [0.717, 1.165) is 43.1 Å². The second-order valence-corrected chi connectivity index (χ2v) is 5.93. The number of benzene rings is 1. The molecular formula is C16H27ClN2O. The molecule has 0 radical (unpaired) electrons. The predicted octanol–water partition coefficient (Wildman–Crippen LogP) is 3.44. The number of anilines is 1. The lowest BCUT2D eigenvalue weighted by Crippen LogP contribution is -2.22. The Morgan fingerprint density at radius 1 is 1.25 bits per heavy atom. The first kappa shape index (κ1) is 17.3. The van der Waals surface area contributed by atoms with Crippen molar-refractivity contribution in [2.75, 3.05) is 25.1 Å². The number of nitrogens with zero attached hydrogens (tertiary/aromatic N) is 1. The van der Waals surface area contributed by atoms with Crippen LogP contribution in [0.25, 0.3) is 0 Å². The summed E-state index contributed by atoms with van der Waals surface area (Å²) in [4.78, 5) is 2.18. The lowest BCUT2D eigenvalue weighted by Gasteiger charge is -2.21. The van der Waals surface area contributed by atoms with Gasteiger partial charge >= 0.3 is 0 Å². The molecule has 3 nitrogen and oxygen atoms in total. The summed E-state index contributed by atoms with van der Waals surface area (Å²) >= 11 is 6.37. The van der Waals surface area contributed by atoms with Crippen LogP contribution in [0.2, 0.25) is 5.02 Å². The number of nitrogens with one attached hydrogen (secondary N) is 1. The van der Waals surface area contributed by atoms with Crippen molar-refractivity contribution in [1.82, 2.24) is 5.32 Å². The van der Waals surface area contributed by atoms with Crippen molar-refractivity contribution >= 4 is 17.3 Å². The van der Waals surface area contributed by atoms with Gasteiger partial charge in [-0.05, 0) is 37.0 Å². The second kappa shape index (κ2) is 9.22. The highest BCUT2D eigenvalue weighted by atomic mass is 35.5. The highest BCUT2D eigenvalue weighted by Crippen LogP contribution is 2.26. The first-order valence-electron chi connectivity index (χ1n) is 7.38. The van der Waals surface area contributed by atoms with Gasteiger partial charge in [0.2, 0.25) is 0 Å². The molecule has 0 saturated heterocycles. The third kappa shape index (κ3) is 6.12. The average Bonchev–Trinajstić information content (AvgIpc) is 2.41. The summed E-state index contributed by atoms with van der Waals surface area (Å²) in [5.41, 5.74) is 2.28. The van der Waals surface area contributed by atoms with Gasteiger partial charge in [-0.1, -0.05) is 31.5 Å². The Labute approximate surface area is 127 Å². The fourth-order valence-electron chi connectivity index (χ4n) is 2.05. The molecule has 0 aliphatic carbocycles. The van der Waals surface area contributed by atoms with Crippen LogP contribution in [0.1, 0.15) is 38.7 Å². The molecular weight excluding hydrogens is 272 g/mol. The van der Waals surface area contributed by atoms with Gasteiger partial charge in [-0.25, -0.2) is 0 Å². The standard InChI is InChI=1S/C16H27ClN2O/c1-13(2)18-12-14-7-8-16(15(17)11-14)19(3)9-5-4-6-10-20/h7-8,11,13,18,20H,4-6,9-10,12H2,1-3H3. The summed E-state index contributed by atoms with van der Waals surface area (Å²) in [6, 6.07) is 6.73. The first-order chi connectivity index (χ1) is 9.54. The number of hydrogen-bond donors (Lipinski definition) is 2. The van der Waals surface area contributed by atoms with E-state index < -0.39 is 0 Å². The van der Waals surface area contributed by atoms with Gasteiger partial charge < -0.3 is 15.3 Å². The summed E-state index contributed by atoms with van der Waals surface area (Å²) in [6.45, 7) is 6.36. The zero-order valence-electron chi connectivity index (χ0n) is 12.8. The lowest BCUT2D eigenvalue weighted by atomic mass is 10.1. The minimum atomic E-state index is 0.280. The van der Waals surface area contributed by atoms with Crippen molar-refractivity contribution in [2.24, 2.45) is 0 Å². The van der Waals surface area contributed by atoms with E-state index in [0.29, 0.717) is 6.04 Å². The molecule has 0 aliphatic heterocycles. The summed E-state index contributed by atoms with van der Waals surface area (Å²) in [6.07, 6.45) is 3.00. The van der Waals surface area contributed by atoms with Crippen molar-refractivity contribution in [2.45, 2.75) is 45.7 Å². The largest absolute Gasteiger partial charge is 0.396 e. The van der Waals surface area contributed by atoms with Crippen molar-refractivity contribution in [3.05, 3.63) is 28.8 Å². The van der Waals surface area contributed by atoms with Crippen molar-refractivity contribution < 1.29 is 5.11 Å². The summed E-state index contributed by atoms with van der Waals surface area (Å²) in [7, 11) is 2.06. The molecule has 0 amide bonds. The summed E-state index contributed by atoms with van der Waals surface area (Å²) < 4.78 is 0. The van der Waals surface area contributed by atoms with Crippen LogP contribution in [0.15, 0.2) is 18.2 Å². The Hall–Kier alpha value is -0.770. The number of rotatable bonds is 9. The fraction of sp³-hybridized carbons (Fsp3) is 0.625. The van der Waals surface area contributed by atoms with E-state index in [4.69, 9.17) is 16.7 Å². The van der Waals surface area contributed by atoms with E-state index >= 15 is 0 Å². The molecule has 2 N–H and O–H groups in total. The molecule has 0 heterocycles. The maximum absolute atomic E-state index is 8.77. The first-order valence-corrected chi connectivity index (χ1v) is 7.76. The number of unbranched alkanes of at least 4 members (excludes halogenated alkanes) is 2. The van der Waals surface area contributed by atoms with Gasteiger partial charge in [-0.2, -0.15) is 0 Å². The smallest absolute Gasteiger partial charge is 0.0642 e. The van der Waals surface area contributed by atoms with Crippen LogP contribution in [0.5, 0.6) is 0 Å². The molecule has 114 valence electrons. The minimum absolute atomic E-state index is 0.280. The monoisotopic (exact) mass is 298 g/mol. The van der Waals surface area contributed by atoms with Crippen molar-refractivity contribution in [1.29, 1.82) is 0 Å². The Morgan fingerprint density at radius 3 is 2.60 bits per heavy atom. The van der Waals surface area contributed by atoms with Crippen LogP contribution in [0, 0.1) is 0 Å². The maximum atomic E-state index is 8.77. The molecule has 0 atom stereocenters. The number of hydrogen-bond acceptors (Lipinski definition) is 3. The minimum Gasteiger partial charge on any atom is -0.396 e. The average molecular weight is 299 g/mol. The highest BCUT2D eigenvalue weighted by Gasteiger charge is 2.07. The third-order valence-electron chi connectivity index (χ3n) is 3.29. The van der Waals surface area contributed by atoms with Crippen molar-refractivity contribution in [3.63, 3.8) is 0 Å². The Kier molecular flexibility index (Phi) is 7.97. The van der Waals surface area contributed by atoms with E-state index in [2.05, 4.69) is 43.2 Å². The highest BCUT2D eigenvalue weighted by molar-refractivity contribution is 6.33. The van der Waals surface area contributed by atoms with Gasteiger partial charge in [0.15, 0.2) is 0 Å². The van der Waals surface area contributed by atoms with E-state index in [1.807, 2.05) is 6.07 Å². The molecule has 4 heteroatoms. The molecule has 0 aromatic heterocycles. The van der Waals surface area contributed by atoms with Gasteiger partial charge in [-0.15, -0.1) is 0 Å². The van der Waals surface area contributed by atoms with Crippen molar-refractivity contribution in [3.8, 4) is 0 Å². The van der Waals surface area contributed by atoms with Crippen LogP contribution >= 0.6 is 11.6 Å². The molecule has 20 heavy (non-hydrogen) atoms. The topological polar surface area (TPSA) is 35.5 Å². The SMILES string of the molecule is CC(C)NCc1ccc(N(C)CCCCCO)c(Cl)c1. The molecule has 0 aliphatic rings. The third-order valence-corrected chi connectivity index (χ3v) is 3.59. The second-order valence-electron chi connectivity index (χ2n) is 5.53. The number of halogens is 1. The number of aliphatic hydroxyl groups excluding tert-OH is 1. The quantitative estimate of drug-likeness (QED) is 0.686. The Bertz CT molecular complexity index is 396. The van der Waals surface area contributed by atoms with Gasteiger partial charge in [0, 0.05) is 32.8 Å². The normalized spacial score (nSPS) is 11.1. The summed E-state index contributed by atoms with van der Waals surface area (Å²) in [5, 5.41) is 13.0. The van der Waals surface area contributed by atoms with E-state index in [9.17, 15) is 0 Å². The number of aliphatic hydroxyl groups is 1. The van der Waals surface area contributed by atoms with Crippen LogP contribution < -0.4 is 10.2 Å². The molecule has 0 fully saturated rings. The molecule has 1 aromatic rings. The van der Waals surface area contributed by atoms with Crippen LogP contribution in [0.4, 0.5) is 5.69 Å². The lowest BCUT2D eigenvalue weighted by molar-refractivity contribution is 0.283. The Balaban J connectivity index is 2.53. The summed E-state index contributed by atoms with van der Waals surface area (Å²) in [5.74, 6) is 0. The van der Waals surface area contributed by atoms with Gasteiger partial charge in [0.25, 0.3) is 0 Å². The Morgan fingerprint density at radius 2 is 2.00 bits per heavy atom. The van der Waals surface area contributed by atoms with Gasteiger partial charge in [-0.3, -0.25) is 0 Å². The van der Waals surface area contributed by atoms with Crippen LogP contribution in [-0.4, -0.2) is 31.3 Å². The predicted molar refractivity (Wildman–Crippen MR) is 87.6 cm³/mol. The van der Waals surface area contributed by atoms with Crippen LogP contribution in [0.3, 0.4) is 0 Å². The van der Waals surface area contributed by atoms with Gasteiger partial charge in [0.05, 0.1) is 10.7 Å². The zero-order chi connectivity index (χ0) is 15.0. The fourth-order valence-corrected chi connectivity index (χ4v) is 2.40. The van der Waals surface area contributed by atoms with Crippen LogP contribution in [-0.2, 0) is 6.54 Å². The van der Waals surface area contributed by atoms with E-state index in [-0.39, 0.29) is 6.61 Å². The maximum Gasteiger partial charge on any atom is 0.0642 e. The molecule has 0 saturated carbocycles. The van der Waals surface area contributed by atoms with E-state index in [1.54, 1.807) is 0 Å². The van der Waals surface area contributed by atoms with Gasteiger partial charge in [0.1, 0.15) is 0 Å². The molecule has 0 bridgehead atoms. The molecule has 0 spiro atoms. The molecule has 1 aromatic carbocycles. The molecule has 0 unspecified atom stereocenters.